The predicted molar refractivity (Wildman–Crippen MR) is 107 cm³/mol. The molecule has 0 aliphatic heterocycles. The van der Waals surface area contributed by atoms with Crippen molar-refractivity contribution in [3.05, 3.63) is 84.5 Å². The van der Waals surface area contributed by atoms with Gasteiger partial charge in [0.1, 0.15) is 0 Å². The molecule has 0 spiro atoms. The third-order valence-electron chi connectivity index (χ3n) is 3.82. The first kappa shape index (κ1) is 19.7. The molecule has 2 nitrogen and oxygen atoms in total. The van der Waals surface area contributed by atoms with E-state index in [1.165, 1.54) is 16.7 Å². The molecular formula is C22H30N2. The van der Waals surface area contributed by atoms with E-state index in [0.29, 0.717) is 5.92 Å². The molecule has 128 valence electrons. The first-order chi connectivity index (χ1) is 11.5. The Hall–Kier alpha value is -2.35. The number of aromatic nitrogens is 1. The summed E-state index contributed by atoms with van der Waals surface area (Å²) in [6.45, 7) is 14.2. The third kappa shape index (κ3) is 6.41. The Morgan fingerprint density at radius 2 is 2.04 bits per heavy atom. The van der Waals surface area contributed by atoms with Gasteiger partial charge in [-0.3, -0.25) is 4.98 Å². The lowest BCUT2D eigenvalue weighted by Crippen LogP contribution is -1.99. The molecular weight excluding hydrogens is 292 g/mol. The summed E-state index contributed by atoms with van der Waals surface area (Å²) in [6.07, 6.45) is 17.9. The summed E-state index contributed by atoms with van der Waals surface area (Å²) in [4.78, 5) is 6.59. The summed E-state index contributed by atoms with van der Waals surface area (Å²) in [7, 11) is 2.01. The summed E-state index contributed by atoms with van der Waals surface area (Å²) < 4.78 is 0. The number of allylic oxidation sites excluding steroid dienone is 5. The van der Waals surface area contributed by atoms with Crippen LogP contribution in [0.2, 0.25) is 0 Å². The highest BCUT2D eigenvalue weighted by atomic mass is 15.0. The second-order valence-electron chi connectivity index (χ2n) is 6.10. The van der Waals surface area contributed by atoms with Crippen molar-refractivity contribution in [1.82, 2.24) is 9.88 Å². The Morgan fingerprint density at radius 3 is 2.62 bits per heavy atom. The van der Waals surface area contributed by atoms with E-state index in [2.05, 4.69) is 44.1 Å². The van der Waals surface area contributed by atoms with Crippen molar-refractivity contribution in [3.8, 4) is 0 Å². The standard InChI is InChI=1S/C22H30N2/c1-7-14-24(6)15-10-11-19(8-2)12-13-21-17-23-22(18(4)5)16-20(21)9-3/h7-11,14-18H,2-3,12-13H2,1,4-6H3/b14-7-,15-10-,19-11+. The van der Waals surface area contributed by atoms with Crippen LogP contribution in [0.1, 0.15) is 49.9 Å². The fraction of sp³-hybridized carbons (Fsp3) is 0.318. The van der Waals surface area contributed by atoms with Crippen molar-refractivity contribution in [2.45, 2.75) is 39.5 Å². The van der Waals surface area contributed by atoms with Gasteiger partial charge in [-0.05, 0) is 60.7 Å². The zero-order valence-electron chi connectivity index (χ0n) is 15.5. The van der Waals surface area contributed by atoms with Crippen molar-refractivity contribution >= 4 is 6.08 Å². The first-order valence-electron chi connectivity index (χ1n) is 8.47. The fourth-order valence-electron chi connectivity index (χ4n) is 2.35. The average molecular weight is 322 g/mol. The molecule has 0 saturated carbocycles. The maximum Gasteiger partial charge on any atom is 0.0435 e. The predicted octanol–water partition coefficient (Wildman–Crippen LogP) is 5.87. The van der Waals surface area contributed by atoms with Crippen LogP contribution in [0.15, 0.2) is 67.7 Å². The Kier molecular flexibility index (Phi) is 8.56. The van der Waals surface area contributed by atoms with Crippen LogP contribution in [0.5, 0.6) is 0 Å². The SMILES string of the molecule is C=C/C(=C\C=C/N(C)/C=C\C)CCc1cnc(C(C)C)cc1C=C. The number of hydrogen-bond acceptors (Lipinski definition) is 2. The van der Waals surface area contributed by atoms with Crippen LogP contribution in [-0.2, 0) is 6.42 Å². The fourth-order valence-corrected chi connectivity index (χ4v) is 2.35. The van der Waals surface area contributed by atoms with E-state index in [-0.39, 0.29) is 0 Å². The highest BCUT2D eigenvalue weighted by molar-refractivity contribution is 5.52. The van der Waals surface area contributed by atoms with Gasteiger partial charge in [-0.2, -0.15) is 0 Å². The average Bonchev–Trinajstić information content (AvgIpc) is 2.57. The molecule has 24 heavy (non-hydrogen) atoms. The van der Waals surface area contributed by atoms with Crippen molar-refractivity contribution in [3.63, 3.8) is 0 Å². The molecule has 0 saturated heterocycles. The minimum Gasteiger partial charge on any atom is -0.358 e. The van der Waals surface area contributed by atoms with E-state index in [1.54, 1.807) is 0 Å². The number of nitrogens with zero attached hydrogens (tertiary/aromatic N) is 2. The van der Waals surface area contributed by atoms with Gasteiger partial charge in [0, 0.05) is 25.1 Å². The molecule has 0 amide bonds. The van der Waals surface area contributed by atoms with Crippen molar-refractivity contribution < 1.29 is 0 Å². The Labute approximate surface area is 147 Å². The van der Waals surface area contributed by atoms with Gasteiger partial charge in [0.25, 0.3) is 0 Å². The monoisotopic (exact) mass is 322 g/mol. The summed E-state index contributed by atoms with van der Waals surface area (Å²) in [5, 5.41) is 0. The van der Waals surface area contributed by atoms with E-state index in [9.17, 15) is 0 Å². The molecule has 0 aliphatic carbocycles. The summed E-state index contributed by atoms with van der Waals surface area (Å²) >= 11 is 0. The lowest BCUT2D eigenvalue weighted by molar-refractivity contribution is 0.625. The summed E-state index contributed by atoms with van der Waals surface area (Å²) in [5.74, 6) is 0.431. The molecule has 0 atom stereocenters. The molecule has 0 unspecified atom stereocenters. The topological polar surface area (TPSA) is 16.1 Å². The normalized spacial score (nSPS) is 12.3. The quantitative estimate of drug-likeness (QED) is 0.528. The van der Waals surface area contributed by atoms with Crippen LogP contribution in [0.4, 0.5) is 0 Å². The van der Waals surface area contributed by atoms with Gasteiger partial charge in [-0.15, -0.1) is 0 Å². The maximum absolute atomic E-state index is 4.58. The van der Waals surface area contributed by atoms with E-state index in [1.807, 2.05) is 61.8 Å². The van der Waals surface area contributed by atoms with Crippen LogP contribution < -0.4 is 0 Å². The molecule has 0 aromatic carbocycles. The molecule has 2 heteroatoms. The van der Waals surface area contributed by atoms with Gasteiger partial charge >= 0.3 is 0 Å². The van der Waals surface area contributed by atoms with E-state index in [4.69, 9.17) is 0 Å². The zero-order chi connectivity index (χ0) is 17.9. The van der Waals surface area contributed by atoms with Crippen molar-refractivity contribution in [2.24, 2.45) is 0 Å². The molecule has 0 radical (unpaired) electrons. The molecule has 1 aromatic heterocycles. The molecule has 0 fully saturated rings. The molecule has 1 aromatic rings. The molecule has 0 bridgehead atoms. The lowest BCUT2D eigenvalue weighted by Gasteiger charge is -2.10. The first-order valence-corrected chi connectivity index (χ1v) is 8.47. The largest absolute Gasteiger partial charge is 0.358 e. The van der Waals surface area contributed by atoms with Gasteiger partial charge < -0.3 is 4.90 Å². The van der Waals surface area contributed by atoms with Gasteiger partial charge in [0.2, 0.25) is 0 Å². The maximum atomic E-state index is 4.58. The minimum absolute atomic E-state index is 0.431. The number of rotatable bonds is 9. The van der Waals surface area contributed by atoms with E-state index < -0.39 is 0 Å². The van der Waals surface area contributed by atoms with Crippen LogP contribution >= 0.6 is 0 Å². The zero-order valence-corrected chi connectivity index (χ0v) is 15.5. The highest BCUT2D eigenvalue weighted by Crippen LogP contribution is 2.20. The summed E-state index contributed by atoms with van der Waals surface area (Å²) in [5.41, 5.74) is 4.74. The smallest absolute Gasteiger partial charge is 0.0435 e. The van der Waals surface area contributed by atoms with Gasteiger partial charge in [-0.1, -0.05) is 51.3 Å². The van der Waals surface area contributed by atoms with Gasteiger partial charge in [0.05, 0.1) is 0 Å². The van der Waals surface area contributed by atoms with Crippen molar-refractivity contribution in [1.29, 1.82) is 0 Å². The second kappa shape index (κ2) is 10.4. The molecule has 0 N–H and O–H groups in total. The second-order valence-corrected chi connectivity index (χ2v) is 6.10. The highest BCUT2D eigenvalue weighted by Gasteiger charge is 2.06. The Bertz CT molecular complexity index is 633. The molecule has 1 heterocycles. The van der Waals surface area contributed by atoms with Crippen LogP contribution in [0.25, 0.3) is 6.08 Å². The van der Waals surface area contributed by atoms with Crippen LogP contribution in [0, 0.1) is 0 Å². The van der Waals surface area contributed by atoms with E-state index in [0.717, 1.165) is 18.5 Å². The number of aryl methyl sites for hydroxylation is 1. The van der Waals surface area contributed by atoms with Crippen LogP contribution in [0.3, 0.4) is 0 Å². The summed E-state index contributed by atoms with van der Waals surface area (Å²) in [6, 6.07) is 2.15. The van der Waals surface area contributed by atoms with Gasteiger partial charge in [0.15, 0.2) is 0 Å². The van der Waals surface area contributed by atoms with Gasteiger partial charge in [-0.25, -0.2) is 0 Å². The number of hydrogen-bond donors (Lipinski definition) is 0. The Morgan fingerprint density at radius 1 is 1.29 bits per heavy atom. The van der Waals surface area contributed by atoms with Crippen LogP contribution in [-0.4, -0.2) is 16.9 Å². The minimum atomic E-state index is 0.431. The van der Waals surface area contributed by atoms with E-state index >= 15 is 0 Å². The Balaban J connectivity index is 2.79. The van der Waals surface area contributed by atoms with Crippen molar-refractivity contribution in [2.75, 3.05) is 7.05 Å². The lowest BCUT2D eigenvalue weighted by atomic mass is 9.99. The molecule has 1 rings (SSSR count). The number of pyridine rings is 1. The molecule has 0 aliphatic rings. The third-order valence-corrected chi connectivity index (χ3v) is 3.82.